The molecule has 17 heavy (non-hydrogen) atoms. The molecule has 3 heteroatoms. The van der Waals surface area contributed by atoms with Crippen LogP contribution in [0.15, 0.2) is 30.3 Å². The van der Waals surface area contributed by atoms with E-state index in [1.54, 1.807) is 0 Å². The Morgan fingerprint density at radius 1 is 1.29 bits per heavy atom. The third kappa shape index (κ3) is 5.50. The van der Waals surface area contributed by atoms with Crippen LogP contribution in [-0.2, 0) is 11.2 Å². The second-order valence-electron chi connectivity index (χ2n) is 4.76. The predicted octanol–water partition coefficient (Wildman–Crippen LogP) is 1.72. The van der Waals surface area contributed by atoms with Crippen LogP contribution in [-0.4, -0.2) is 18.5 Å². The van der Waals surface area contributed by atoms with Gasteiger partial charge in [-0.15, -0.1) is 0 Å². The Balaban J connectivity index is 2.24. The summed E-state index contributed by atoms with van der Waals surface area (Å²) >= 11 is 0. The molecule has 0 aliphatic heterocycles. The van der Waals surface area contributed by atoms with Gasteiger partial charge in [0.15, 0.2) is 0 Å². The Hall–Kier alpha value is -1.35. The van der Waals surface area contributed by atoms with Gasteiger partial charge in [-0.2, -0.15) is 0 Å². The monoisotopic (exact) mass is 234 g/mol. The first-order chi connectivity index (χ1) is 8.09. The molecule has 3 nitrogen and oxygen atoms in total. The van der Waals surface area contributed by atoms with E-state index in [0.717, 1.165) is 12.8 Å². The van der Waals surface area contributed by atoms with Crippen molar-refractivity contribution in [2.75, 3.05) is 6.54 Å². The molecule has 0 aliphatic carbocycles. The summed E-state index contributed by atoms with van der Waals surface area (Å²) in [4.78, 5) is 11.6. The summed E-state index contributed by atoms with van der Waals surface area (Å²) in [6.07, 6.45) is 1.58. The van der Waals surface area contributed by atoms with Gasteiger partial charge in [-0.05, 0) is 24.3 Å². The third-order valence-electron chi connectivity index (χ3n) is 2.62. The van der Waals surface area contributed by atoms with Crippen molar-refractivity contribution in [3.8, 4) is 0 Å². The molecule has 0 radical (unpaired) electrons. The topological polar surface area (TPSA) is 55.1 Å². The van der Waals surface area contributed by atoms with Crippen molar-refractivity contribution in [2.24, 2.45) is 11.7 Å². The van der Waals surface area contributed by atoms with Crippen LogP contribution in [0.25, 0.3) is 0 Å². The SMILES string of the molecule is CC(C)C[C@@H](N)C(=O)NCCc1ccccc1. The van der Waals surface area contributed by atoms with Gasteiger partial charge in [-0.25, -0.2) is 0 Å². The second kappa shape index (κ2) is 7.07. The molecule has 1 amide bonds. The highest BCUT2D eigenvalue weighted by atomic mass is 16.2. The molecule has 0 unspecified atom stereocenters. The summed E-state index contributed by atoms with van der Waals surface area (Å²) in [5.74, 6) is 0.402. The van der Waals surface area contributed by atoms with Gasteiger partial charge in [-0.1, -0.05) is 44.2 Å². The van der Waals surface area contributed by atoms with Gasteiger partial charge in [0.05, 0.1) is 6.04 Å². The van der Waals surface area contributed by atoms with E-state index in [-0.39, 0.29) is 11.9 Å². The molecule has 0 fully saturated rings. The van der Waals surface area contributed by atoms with Gasteiger partial charge >= 0.3 is 0 Å². The van der Waals surface area contributed by atoms with Crippen molar-refractivity contribution in [1.82, 2.24) is 5.32 Å². The first-order valence-corrected chi connectivity index (χ1v) is 6.17. The molecule has 1 aromatic rings. The van der Waals surface area contributed by atoms with Crippen molar-refractivity contribution < 1.29 is 4.79 Å². The van der Waals surface area contributed by atoms with E-state index in [0.29, 0.717) is 12.5 Å². The average molecular weight is 234 g/mol. The van der Waals surface area contributed by atoms with Crippen LogP contribution in [0.5, 0.6) is 0 Å². The minimum absolute atomic E-state index is 0.0466. The van der Waals surface area contributed by atoms with Crippen LogP contribution in [0.2, 0.25) is 0 Å². The lowest BCUT2D eigenvalue weighted by atomic mass is 10.0. The largest absolute Gasteiger partial charge is 0.354 e. The zero-order valence-electron chi connectivity index (χ0n) is 10.6. The second-order valence-corrected chi connectivity index (χ2v) is 4.76. The number of carbonyl (C=O) groups excluding carboxylic acids is 1. The highest BCUT2D eigenvalue weighted by Crippen LogP contribution is 2.03. The van der Waals surface area contributed by atoms with Gasteiger partial charge in [0.25, 0.3) is 0 Å². The average Bonchev–Trinajstić information content (AvgIpc) is 2.29. The lowest BCUT2D eigenvalue weighted by molar-refractivity contribution is -0.122. The Bertz CT molecular complexity index is 335. The first kappa shape index (κ1) is 13.7. The fourth-order valence-corrected chi connectivity index (χ4v) is 1.72. The number of nitrogens with two attached hydrogens (primary N) is 1. The van der Waals surface area contributed by atoms with E-state index >= 15 is 0 Å². The van der Waals surface area contributed by atoms with Crippen molar-refractivity contribution >= 4 is 5.91 Å². The fraction of sp³-hybridized carbons (Fsp3) is 0.500. The number of hydrogen-bond acceptors (Lipinski definition) is 2. The zero-order valence-corrected chi connectivity index (χ0v) is 10.6. The minimum Gasteiger partial charge on any atom is -0.354 e. The normalized spacial score (nSPS) is 12.5. The molecule has 1 aromatic carbocycles. The van der Waals surface area contributed by atoms with Crippen LogP contribution in [0.4, 0.5) is 0 Å². The number of amides is 1. The van der Waals surface area contributed by atoms with Crippen LogP contribution in [0.1, 0.15) is 25.8 Å². The Morgan fingerprint density at radius 2 is 1.94 bits per heavy atom. The summed E-state index contributed by atoms with van der Waals surface area (Å²) in [6, 6.07) is 9.72. The summed E-state index contributed by atoms with van der Waals surface area (Å²) in [6.45, 7) is 4.78. The highest BCUT2D eigenvalue weighted by molar-refractivity contribution is 5.81. The molecule has 0 saturated heterocycles. The van der Waals surface area contributed by atoms with Crippen molar-refractivity contribution in [2.45, 2.75) is 32.7 Å². The quantitative estimate of drug-likeness (QED) is 0.787. The number of benzene rings is 1. The third-order valence-corrected chi connectivity index (χ3v) is 2.62. The lowest BCUT2D eigenvalue weighted by Gasteiger charge is -2.14. The van der Waals surface area contributed by atoms with Gasteiger partial charge in [0.1, 0.15) is 0 Å². The summed E-state index contributed by atoms with van der Waals surface area (Å²) in [5.41, 5.74) is 7.01. The molecular formula is C14H22N2O. The smallest absolute Gasteiger partial charge is 0.236 e. The molecule has 1 rings (SSSR count). The molecule has 3 N–H and O–H groups in total. The Morgan fingerprint density at radius 3 is 2.53 bits per heavy atom. The van der Waals surface area contributed by atoms with Gasteiger partial charge in [-0.3, -0.25) is 4.79 Å². The Labute approximate surface area is 103 Å². The maximum atomic E-state index is 11.6. The van der Waals surface area contributed by atoms with E-state index in [4.69, 9.17) is 5.73 Å². The summed E-state index contributed by atoms with van der Waals surface area (Å²) in [5, 5.41) is 2.87. The zero-order chi connectivity index (χ0) is 12.7. The number of carbonyl (C=O) groups is 1. The van der Waals surface area contributed by atoms with Crippen LogP contribution >= 0.6 is 0 Å². The summed E-state index contributed by atoms with van der Waals surface area (Å²) in [7, 11) is 0. The van der Waals surface area contributed by atoms with Gasteiger partial charge in [0.2, 0.25) is 5.91 Å². The van der Waals surface area contributed by atoms with Crippen LogP contribution in [0, 0.1) is 5.92 Å². The standard InChI is InChI=1S/C14H22N2O/c1-11(2)10-13(15)14(17)16-9-8-12-6-4-3-5-7-12/h3-7,11,13H,8-10,15H2,1-2H3,(H,16,17)/t13-/m1/s1. The van der Waals surface area contributed by atoms with Crippen molar-refractivity contribution in [3.63, 3.8) is 0 Å². The number of hydrogen-bond donors (Lipinski definition) is 2. The molecule has 1 atom stereocenters. The number of nitrogens with one attached hydrogen (secondary N) is 1. The molecule has 0 bridgehead atoms. The minimum atomic E-state index is -0.384. The van der Waals surface area contributed by atoms with E-state index < -0.39 is 0 Å². The Kier molecular flexibility index (Phi) is 5.70. The van der Waals surface area contributed by atoms with Crippen LogP contribution in [0.3, 0.4) is 0 Å². The van der Waals surface area contributed by atoms with E-state index in [1.807, 2.05) is 18.2 Å². The fourth-order valence-electron chi connectivity index (χ4n) is 1.72. The maximum Gasteiger partial charge on any atom is 0.236 e. The summed E-state index contributed by atoms with van der Waals surface area (Å²) < 4.78 is 0. The van der Waals surface area contributed by atoms with Crippen molar-refractivity contribution in [3.05, 3.63) is 35.9 Å². The van der Waals surface area contributed by atoms with E-state index in [9.17, 15) is 4.79 Å². The number of rotatable bonds is 6. The first-order valence-electron chi connectivity index (χ1n) is 6.17. The predicted molar refractivity (Wildman–Crippen MR) is 70.6 cm³/mol. The van der Waals surface area contributed by atoms with Crippen LogP contribution < -0.4 is 11.1 Å². The molecule has 0 heterocycles. The van der Waals surface area contributed by atoms with Gasteiger partial charge in [0, 0.05) is 6.54 Å². The van der Waals surface area contributed by atoms with Crippen molar-refractivity contribution in [1.29, 1.82) is 0 Å². The highest BCUT2D eigenvalue weighted by Gasteiger charge is 2.13. The van der Waals surface area contributed by atoms with E-state index in [2.05, 4.69) is 31.3 Å². The molecular weight excluding hydrogens is 212 g/mol. The maximum absolute atomic E-state index is 11.6. The molecule has 0 aliphatic rings. The molecule has 94 valence electrons. The van der Waals surface area contributed by atoms with E-state index in [1.165, 1.54) is 5.56 Å². The van der Waals surface area contributed by atoms with Gasteiger partial charge < -0.3 is 11.1 Å². The molecule has 0 saturated carbocycles. The molecule has 0 aromatic heterocycles. The lowest BCUT2D eigenvalue weighted by Crippen LogP contribution is -2.42. The molecule has 0 spiro atoms.